The molecule has 2 aromatic heterocycles. The second kappa shape index (κ2) is 8.29. The maximum Gasteiger partial charge on any atom is 0.261 e. The largest absolute Gasteiger partial charge is 0.393 e. The van der Waals surface area contributed by atoms with Gasteiger partial charge < -0.3 is 10.4 Å². The zero-order valence-electron chi connectivity index (χ0n) is 18.5. The molecular weight excluding hydrogens is 418 g/mol. The van der Waals surface area contributed by atoms with Crippen molar-refractivity contribution in [2.45, 2.75) is 38.0 Å². The summed E-state index contributed by atoms with van der Waals surface area (Å²) in [7, 11) is 1.87. The lowest BCUT2D eigenvalue weighted by Crippen LogP contribution is -2.46. The summed E-state index contributed by atoms with van der Waals surface area (Å²) in [4.78, 5) is 30.4. The Labute approximate surface area is 190 Å². The summed E-state index contributed by atoms with van der Waals surface area (Å²) in [5.41, 5.74) is 3.75. The number of benzene rings is 2. The van der Waals surface area contributed by atoms with E-state index in [0.717, 1.165) is 16.8 Å². The van der Waals surface area contributed by atoms with Crippen molar-refractivity contribution in [3.8, 4) is 11.3 Å². The summed E-state index contributed by atoms with van der Waals surface area (Å²) in [6.45, 7) is 1.91. The van der Waals surface area contributed by atoms with Crippen molar-refractivity contribution in [1.82, 2.24) is 24.6 Å². The minimum Gasteiger partial charge on any atom is -0.393 e. The van der Waals surface area contributed by atoms with E-state index in [1.807, 2.05) is 44.3 Å². The van der Waals surface area contributed by atoms with E-state index < -0.39 is 0 Å². The molecule has 5 rings (SSSR count). The number of aliphatic hydroxyl groups is 1. The number of nitrogens with zero attached hydrogens (tertiary/aromatic N) is 4. The van der Waals surface area contributed by atoms with Gasteiger partial charge in [0, 0.05) is 30.4 Å². The molecular formula is C25H25N5O3. The Kier molecular flexibility index (Phi) is 5.30. The third-order valence-corrected chi connectivity index (χ3v) is 6.40. The van der Waals surface area contributed by atoms with Gasteiger partial charge in [-0.05, 0) is 55.7 Å². The van der Waals surface area contributed by atoms with E-state index >= 15 is 0 Å². The third kappa shape index (κ3) is 3.93. The molecule has 0 unspecified atom stereocenters. The lowest BCUT2D eigenvalue weighted by molar-refractivity contribution is 0.0562. The van der Waals surface area contributed by atoms with Gasteiger partial charge in [-0.25, -0.2) is 4.98 Å². The first-order valence-corrected chi connectivity index (χ1v) is 11.0. The average Bonchev–Trinajstić information content (AvgIpc) is 3.23. The van der Waals surface area contributed by atoms with Gasteiger partial charge in [0.1, 0.15) is 0 Å². The van der Waals surface area contributed by atoms with E-state index in [0.29, 0.717) is 29.3 Å². The molecule has 1 aliphatic rings. The van der Waals surface area contributed by atoms with Crippen molar-refractivity contribution in [3.05, 3.63) is 82.5 Å². The number of hydrogen-bond acceptors (Lipinski definition) is 5. The molecule has 0 spiro atoms. The Morgan fingerprint density at radius 3 is 2.73 bits per heavy atom. The topological polar surface area (TPSA) is 102 Å². The Balaban J connectivity index is 1.43. The van der Waals surface area contributed by atoms with E-state index in [2.05, 4.69) is 15.4 Å². The highest BCUT2D eigenvalue weighted by Crippen LogP contribution is 2.24. The zero-order chi connectivity index (χ0) is 23.1. The predicted molar refractivity (Wildman–Crippen MR) is 125 cm³/mol. The molecule has 2 aromatic carbocycles. The number of fused-ring (bicyclic) bond motifs is 1. The fourth-order valence-corrected chi connectivity index (χ4v) is 4.30. The molecule has 1 saturated carbocycles. The number of aliphatic hydroxyl groups excluding tert-OH is 1. The SMILES string of the molecule is C[C@H](c1cccc(C(=O)N[C@H]2C[C@@H](O)C2)c1)n1cnc2cc(-c3ccnn3C)ccc2c1=O. The Bertz CT molecular complexity index is 1400. The molecule has 4 aromatic rings. The maximum atomic E-state index is 13.3. The van der Waals surface area contributed by atoms with Crippen LogP contribution in [0.4, 0.5) is 0 Å². The Morgan fingerprint density at radius 1 is 1.18 bits per heavy atom. The summed E-state index contributed by atoms with van der Waals surface area (Å²) in [6, 6.07) is 14.5. The number of aromatic nitrogens is 4. The minimum absolute atomic E-state index is 0.0112. The first-order valence-electron chi connectivity index (χ1n) is 11.0. The lowest BCUT2D eigenvalue weighted by atomic mass is 9.89. The van der Waals surface area contributed by atoms with E-state index in [9.17, 15) is 14.7 Å². The molecule has 0 saturated heterocycles. The van der Waals surface area contributed by atoms with Crippen LogP contribution in [0.1, 0.15) is 41.7 Å². The summed E-state index contributed by atoms with van der Waals surface area (Å²) < 4.78 is 3.37. The molecule has 8 heteroatoms. The second-order valence-corrected chi connectivity index (χ2v) is 8.63. The van der Waals surface area contributed by atoms with Gasteiger partial charge >= 0.3 is 0 Å². The summed E-state index contributed by atoms with van der Waals surface area (Å²) in [5.74, 6) is -0.173. The number of amides is 1. The van der Waals surface area contributed by atoms with Crippen LogP contribution in [0, 0.1) is 0 Å². The Hall–Kier alpha value is -3.78. The molecule has 1 atom stereocenters. The van der Waals surface area contributed by atoms with Crippen LogP contribution >= 0.6 is 0 Å². The summed E-state index contributed by atoms with van der Waals surface area (Å²) in [6.07, 6.45) is 4.14. The van der Waals surface area contributed by atoms with Crippen molar-refractivity contribution in [3.63, 3.8) is 0 Å². The van der Waals surface area contributed by atoms with E-state index in [1.54, 1.807) is 40.0 Å². The van der Waals surface area contributed by atoms with Crippen LogP contribution in [0.25, 0.3) is 22.2 Å². The molecule has 33 heavy (non-hydrogen) atoms. The van der Waals surface area contributed by atoms with Gasteiger partial charge in [0.2, 0.25) is 0 Å². The van der Waals surface area contributed by atoms with Gasteiger partial charge in [-0.3, -0.25) is 18.8 Å². The molecule has 2 heterocycles. The van der Waals surface area contributed by atoms with Crippen molar-refractivity contribution < 1.29 is 9.90 Å². The van der Waals surface area contributed by atoms with Gasteiger partial charge in [0.05, 0.1) is 35.1 Å². The molecule has 1 amide bonds. The highest BCUT2D eigenvalue weighted by molar-refractivity contribution is 5.94. The second-order valence-electron chi connectivity index (χ2n) is 8.63. The van der Waals surface area contributed by atoms with Crippen molar-refractivity contribution in [2.24, 2.45) is 7.05 Å². The molecule has 1 aliphatic carbocycles. The lowest BCUT2D eigenvalue weighted by Gasteiger charge is -2.32. The van der Waals surface area contributed by atoms with Crippen LogP contribution in [0.3, 0.4) is 0 Å². The highest BCUT2D eigenvalue weighted by Gasteiger charge is 2.28. The van der Waals surface area contributed by atoms with Crippen molar-refractivity contribution >= 4 is 16.8 Å². The van der Waals surface area contributed by atoms with Crippen LogP contribution in [-0.4, -0.2) is 42.5 Å². The Morgan fingerprint density at radius 2 is 2.00 bits per heavy atom. The smallest absolute Gasteiger partial charge is 0.261 e. The number of hydrogen-bond donors (Lipinski definition) is 2. The van der Waals surface area contributed by atoms with Gasteiger partial charge in [-0.2, -0.15) is 5.10 Å². The number of aryl methyl sites for hydroxylation is 1. The summed E-state index contributed by atoms with van der Waals surface area (Å²) in [5, 5.41) is 17.1. The molecule has 0 aliphatic heterocycles. The average molecular weight is 444 g/mol. The molecule has 8 nitrogen and oxygen atoms in total. The first kappa shape index (κ1) is 21.1. The van der Waals surface area contributed by atoms with Gasteiger partial charge in [0.25, 0.3) is 11.5 Å². The maximum absolute atomic E-state index is 13.3. The first-order chi connectivity index (χ1) is 15.9. The van der Waals surface area contributed by atoms with E-state index in [-0.39, 0.29) is 29.7 Å². The molecule has 2 N–H and O–H groups in total. The molecule has 0 radical (unpaired) electrons. The van der Waals surface area contributed by atoms with Crippen LogP contribution in [0.2, 0.25) is 0 Å². The quantitative estimate of drug-likeness (QED) is 0.494. The van der Waals surface area contributed by atoms with Crippen LogP contribution < -0.4 is 10.9 Å². The van der Waals surface area contributed by atoms with Crippen LogP contribution in [0.5, 0.6) is 0 Å². The van der Waals surface area contributed by atoms with E-state index in [4.69, 9.17) is 0 Å². The normalized spacial score (nSPS) is 18.6. The van der Waals surface area contributed by atoms with Crippen LogP contribution in [0.15, 0.2) is 65.8 Å². The minimum atomic E-state index is -0.325. The summed E-state index contributed by atoms with van der Waals surface area (Å²) >= 11 is 0. The van der Waals surface area contributed by atoms with E-state index in [1.165, 1.54) is 0 Å². The number of rotatable bonds is 5. The third-order valence-electron chi connectivity index (χ3n) is 6.40. The van der Waals surface area contributed by atoms with Gasteiger partial charge in [0.15, 0.2) is 0 Å². The molecule has 168 valence electrons. The monoisotopic (exact) mass is 443 g/mol. The number of carbonyl (C=O) groups is 1. The molecule has 0 bridgehead atoms. The fourth-order valence-electron chi connectivity index (χ4n) is 4.30. The predicted octanol–water partition coefficient (Wildman–Crippen LogP) is 2.66. The van der Waals surface area contributed by atoms with Gasteiger partial charge in [-0.15, -0.1) is 0 Å². The van der Waals surface area contributed by atoms with Crippen LogP contribution in [-0.2, 0) is 7.05 Å². The number of carbonyl (C=O) groups excluding carboxylic acids is 1. The standard InChI is InChI=1S/C25H25N5O3/c1-15(16-4-3-5-18(10-16)24(32)28-19-12-20(31)13-19)30-14-26-22-11-17(6-7-21(22)25(30)33)23-8-9-27-29(23)2/h3-11,14-15,19-20,31H,12-13H2,1-2H3,(H,28,32)/t15-,19-,20+/m1/s1. The molecule has 1 fully saturated rings. The zero-order valence-corrected chi connectivity index (χ0v) is 18.5. The van der Waals surface area contributed by atoms with Gasteiger partial charge in [-0.1, -0.05) is 18.2 Å². The number of nitrogens with one attached hydrogen (secondary N) is 1. The van der Waals surface area contributed by atoms with Crippen molar-refractivity contribution in [2.75, 3.05) is 0 Å². The fraction of sp³-hybridized carbons (Fsp3) is 0.280. The van der Waals surface area contributed by atoms with Crippen molar-refractivity contribution in [1.29, 1.82) is 0 Å². The highest BCUT2D eigenvalue weighted by atomic mass is 16.3.